The molecule has 0 radical (unpaired) electrons. The molecule has 1 unspecified atom stereocenters. The summed E-state index contributed by atoms with van der Waals surface area (Å²) in [6, 6.07) is 17.2. The molecule has 1 fully saturated rings. The predicted octanol–water partition coefficient (Wildman–Crippen LogP) is 2.63. The Balaban J connectivity index is 1.57. The van der Waals surface area contributed by atoms with E-state index >= 15 is 0 Å². The molecule has 0 spiro atoms. The zero-order valence-corrected chi connectivity index (χ0v) is 20.6. The van der Waals surface area contributed by atoms with Gasteiger partial charge in [0.1, 0.15) is 0 Å². The number of anilines is 1. The number of aromatic nitrogens is 1. The molecule has 3 aromatic rings. The highest BCUT2D eigenvalue weighted by Crippen LogP contribution is 2.30. The Kier molecular flexibility index (Phi) is 6.66. The summed E-state index contributed by atoms with van der Waals surface area (Å²) in [5.41, 5.74) is 3.71. The smallest absolute Gasteiger partial charge is 0.338 e. The normalized spacial score (nSPS) is 18.3. The van der Waals surface area contributed by atoms with Crippen molar-refractivity contribution in [2.45, 2.75) is 19.9 Å². The molecule has 5 rings (SSSR count). The molecule has 7 nitrogen and oxygen atoms in total. The monoisotopic (exact) mass is 489 g/mol. The second-order valence-corrected chi connectivity index (χ2v) is 9.41. The van der Waals surface area contributed by atoms with Gasteiger partial charge >= 0.3 is 5.97 Å². The Bertz CT molecular complexity index is 1430. The Morgan fingerprint density at radius 1 is 1.14 bits per heavy atom. The largest absolute Gasteiger partial charge is 0.463 e. The zero-order valence-electron chi connectivity index (χ0n) is 19.8. The van der Waals surface area contributed by atoms with E-state index in [1.165, 1.54) is 11.3 Å². The Labute approximate surface area is 207 Å². The molecule has 0 aliphatic carbocycles. The fourth-order valence-electron chi connectivity index (χ4n) is 4.50. The molecule has 0 bridgehead atoms. The molecule has 0 N–H and O–H groups in total. The minimum Gasteiger partial charge on any atom is -0.463 e. The fourth-order valence-corrected chi connectivity index (χ4v) is 5.54. The summed E-state index contributed by atoms with van der Waals surface area (Å²) >= 11 is 1.33. The van der Waals surface area contributed by atoms with Crippen LogP contribution >= 0.6 is 11.3 Å². The van der Waals surface area contributed by atoms with Crippen LogP contribution in [0.1, 0.15) is 31.0 Å². The first kappa shape index (κ1) is 23.3. The van der Waals surface area contributed by atoms with Gasteiger partial charge in [-0.1, -0.05) is 53.8 Å². The van der Waals surface area contributed by atoms with Crippen LogP contribution in [0.5, 0.6) is 0 Å². The molecular weight excluding hydrogens is 462 g/mol. The van der Waals surface area contributed by atoms with Crippen LogP contribution in [0.15, 0.2) is 75.7 Å². The van der Waals surface area contributed by atoms with Gasteiger partial charge in [-0.3, -0.25) is 9.36 Å². The summed E-state index contributed by atoms with van der Waals surface area (Å²) in [5, 5.41) is 0. The summed E-state index contributed by atoms with van der Waals surface area (Å²) < 4.78 is 13.0. The molecule has 0 amide bonds. The van der Waals surface area contributed by atoms with E-state index in [0.717, 1.165) is 43.1 Å². The van der Waals surface area contributed by atoms with Crippen molar-refractivity contribution >= 4 is 29.1 Å². The average molecular weight is 490 g/mol. The molecular formula is C27H27N3O4S. The first-order chi connectivity index (χ1) is 17.1. The van der Waals surface area contributed by atoms with Gasteiger partial charge < -0.3 is 14.4 Å². The maximum Gasteiger partial charge on any atom is 0.338 e. The predicted molar refractivity (Wildman–Crippen MR) is 136 cm³/mol. The average Bonchev–Trinajstić information content (AvgIpc) is 3.19. The highest BCUT2D eigenvalue weighted by atomic mass is 32.1. The van der Waals surface area contributed by atoms with E-state index in [1.54, 1.807) is 18.4 Å². The number of hydrogen-bond donors (Lipinski definition) is 0. The van der Waals surface area contributed by atoms with Crippen molar-refractivity contribution < 1.29 is 14.3 Å². The maximum atomic E-state index is 13.6. The highest BCUT2D eigenvalue weighted by molar-refractivity contribution is 7.07. The number of allylic oxidation sites excluding steroid dienone is 1. The van der Waals surface area contributed by atoms with Crippen molar-refractivity contribution in [2.75, 3.05) is 37.8 Å². The highest BCUT2D eigenvalue weighted by Gasteiger charge is 2.33. The van der Waals surface area contributed by atoms with Gasteiger partial charge in [0.25, 0.3) is 5.56 Å². The molecule has 1 saturated heterocycles. The van der Waals surface area contributed by atoms with Crippen molar-refractivity contribution in [3.05, 3.63) is 96.7 Å². The van der Waals surface area contributed by atoms with E-state index in [4.69, 9.17) is 9.47 Å². The lowest BCUT2D eigenvalue weighted by atomic mass is 9.96. The van der Waals surface area contributed by atoms with Crippen LogP contribution in [0.4, 0.5) is 5.69 Å². The van der Waals surface area contributed by atoms with E-state index < -0.39 is 12.0 Å². The summed E-state index contributed by atoms with van der Waals surface area (Å²) in [7, 11) is 0. The molecule has 1 atom stereocenters. The fraction of sp³-hybridized carbons (Fsp3) is 0.296. The van der Waals surface area contributed by atoms with E-state index in [1.807, 2.05) is 48.5 Å². The van der Waals surface area contributed by atoms with Gasteiger partial charge in [0.15, 0.2) is 4.80 Å². The first-order valence-electron chi connectivity index (χ1n) is 11.7. The third kappa shape index (κ3) is 4.59. The van der Waals surface area contributed by atoms with Gasteiger partial charge in [-0.2, -0.15) is 0 Å². The molecule has 35 heavy (non-hydrogen) atoms. The van der Waals surface area contributed by atoms with Gasteiger partial charge in [-0.15, -0.1) is 0 Å². The lowest BCUT2D eigenvalue weighted by Gasteiger charge is -2.28. The lowest BCUT2D eigenvalue weighted by Crippen LogP contribution is -2.39. The summed E-state index contributed by atoms with van der Waals surface area (Å²) in [6.07, 6.45) is 1.89. The number of esters is 1. The lowest BCUT2D eigenvalue weighted by molar-refractivity contribution is -0.139. The zero-order chi connectivity index (χ0) is 24.4. The minimum absolute atomic E-state index is 0.172. The van der Waals surface area contributed by atoms with Crippen molar-refractivity contribution in [3.63, 3.8) is 0 Å². The number of rotatable bonds is 5. The molecule has 2 aromatic carbocycles. The summed E-state index contributed by atoms with van der Waals surface area (Å²) in [4.78, 5) is 34.0. The number of morpholine rings is 1. The van der Waals surface area contributed by atoms with Gasteiger partial charge in [-0.25, -0.2) is 9.79 Å². The topological polar surface area (TPSA) is 73.1 Å². The molecule has 1 aromatic heterocycles. The number of carbonyl (C=O) groups is 1. The molecule has 2 aliphatic rings. The van der Waals surface area contributed by atoms with E-state index in [-0.39, 0.29) is 12.2 Å². The van der Waals surface area contributed by atoms with Crippen LogP contribution in [0.2, 0.25) is 0 Å². The third-order valence-corrected chi connectivity index (χ3v) is 7.18. The van der Waals surface area contributed by atoms with Gasteiger partial charge in [0, 0.05) is 18.8 Å². The summed E-state index contributed by atoms with van der Waals surface area (Å²) in [5.74, 6) is -0.449. The Morgan fingerprint density at radius 2 is 1.86 bits per heavy atom. The second kappa shape index (κ2) is 10.0. The maximum absolute atomic E-state index is 13.6. The summed E-state index contributed by atoms with van der Waals surface area (Å²) in [6.45, 7) is 7.03. The van der Waals surface area contributed by atoms with E-state index in [9.17, 15) is 9.59 Å². The Morgan fingerprint density at radius 3 is 2.54 bits per heavy atom. The minimum atomic E-state index is -0.586. The molecule has 0 saturated carbocycles. The number of benzene rings is 2. The van der Waals surface area contributed by atoms with Crippen LogP contribution < -0.4 is 19.8 Å². The van der Waals surface area contributed by atoms with Crippen LogP contribution in [0.25, 0.3) is 6.08 Å². The quantitative estimate of drug-likeness (QED) is 0.516. The Hall–Kier alpha value is -3.49. The number of nitrogens with zero attached hydrogens (tertiary/aromatic N) is 3. The van der Waals surface area contributed by atoms with E-state index in [2.05, 4.69) is 22.0 Å². The first-order valence-corrected chi connectivity index (χ1v) is 12.6. The van der Waals surface area contributed by atoms with Gasteiger partial charge in [0.2, 0.25) is 0 Å². The third-order valence-electron chi connectivity index (χ3n) is 6.20. The second-order valence-electron chi connectivity index (χ2n) is 8.40. The molecule has 180 valence electrons. The van der Waals surface area contributed by atoms with Gasteiger partial charge in [0.05, 0.1) is 41.7 Å². The van der Waals surface area contributed by atoms with Crippen molar-refractivity contribution in [2.24, 2.45) is 4.99 Å². The van der Waals surface area contributed by atoms with Crippen LogP contribution in [0.3, 0.4) is 0 Å². The number of thiazole rings is 1. The van der Waals surface area contributed by atoms with Crippen molar-refractivity contribution in [3.8, 4) is 0 Å². The van der Waals surface area contributed by atoms with Crippen LogP contribution in [-0.4, -0.2) is 43.4 Å². The van der Waals surface area contributed by atoms with Crippen molar-refractivity contribution in [1.29, 1.82) is 0 Å². The molecule has 8 heteroatoms. The van der Waals surface area contributed by atoms with Crippen LogP contribution in [0, 0.1) is 0 Å². The number of fused-ring (bicyclic) bond motifs is 1. The number of carbonyl (C=O) groups excluding carboxylic acids is 1. The van der Waals surface area contributed by atoms with Gasteiger partial charge in [-0.05, 0) is 43.2 Å². The number of hydrogen-bond acceptors (Lipinski definition) is 7. The SMILES string of the molecule is CCOC(=O)C1=C(C)N=c2s/c(=C/c3ccc(N4CCOCC4)cc3)c(=O)n2C1c1ccccc1. The number of ether oxygens (including phenoxy) is 2. The van der Waals surface area contributed by atoms with Crippen molar-refractivity contribution in [1.82, 2.24) is 4.57 Å². The molecule has 3 heterocycles. The standard InChI is InChI=1S/C27H27N3O4S/c1-3-34-26(32)23-18(2)28-27-30(24(23)20-7-5-4-6-8-20)25(31)22(35-27)17-19-9-11-21(12-10-19)29-13-15-33-16-14-29/h4-12,17,24H,3,13-16H2,1-2H3/b22-17+. The van der Waals surface area contributed by atoms with Crippen LogP contribution in [-0.2, 0) is 14.3 Å². The molecule has 2 aliphatic heterocycles. The van der Waals surface area contributed by atoms with E-state index in [0.29, 0.717) is 20.6 Å².